The minimum absolute atomic E-state index is 0.533. The normalized spacial score (nSPS) is 10.2. The topological polar surface area (TPSA) is 89.0 Å². The van der Waals surface area contributed by atoms with Gasteiger partial charge in [-0.15, -0.1) is 0 Å². The Kier molecular flexibility index (Phi) is 4.50. The van der Waals surface area contributed by atoms with Gasteiger partial charge in [-0.05, 0) is 0 Å². The first-order valence-corrected chi connectivity index (χ1v) is 6.59. The van der Waals surface area contributed by atoms with Crippen LogP contribution in [0.2, 0.25) is 0 Å². The van der Waals surface area contributed by atoms with Gasteiger partial charge in [0.25, 0.3) is 0 Å². The molecule has 0 fully saturated rings. The summed E-state index contributed by atoms with van der Waals surface area (Å²) in [4.78, 5) is 0. The largest absolute Gasteiger partial charge is 0.496 e. The summed E-state index contributed by atoms with van der Waals surface area (Å²) < 4.78 is 21.8. The van der Waals surface area contributed by atoms with E-state index in [0.29, 0.717) is 45.5 Å². The molecule has 0 bridgehead atoms. The van der Waals surface area contributed by atoms with Crippen LogP contribution in [-0.2, 0) is 0 Å². The van der Waals surface area contributed by atoms with Gasteiger partial charge in [0.05, 0.1) is 39.6 Å². The zero-order valence-corrected chi connectivity index (χ0v) is 13.1. The Hall–Kier alpha value is -2.76. The maximum absolute atomic E-state index is 5.88. The summed E-state index contributed by atoms with van der Waals surface area (Å²) in [5, 5.41) is 0. The van der Waals surface area contributed by atoms with Crippen molar-refractivity contribution in [3.63, 3.8) is 0 Å². The van der Waals surface area contributed by atoms with E-state index in [1.807, 2.05) is 0 Å². The van der Waals surface area contributed by atoms with Gasteiger partial charge in [0, 0.05) is 35.6 Å². The number of benzene rings is 2. The number of nitrogens with two attached hydrogens (primary N) is 2. The van der Waals surface area contributed by atoms with Crippen LogP contribution in [0.25, 0.3) is 11.1 Å². The molecule has 0 aliphatic carbocycles. The second-order valence-corrected chi connectivity index (χ2v) is 4.60. The molecule has 0 radical (unpaired) electrons. The third-order valence-corrected chi connectivity index (χ3v) is 3.31. The summed E-state index contributed by atoms with van der Waals surface area (Å²) in [6.07, 6.45) is 0. The lowest BCUT2D eigenvalue weighted by molar-refractivity contribution is 0.386. The van der Waals surface area contributed by atoms with Crippen LogP contribution in [0.4, 0.5) is 11.4 Å². The average Bonchev–Trinajstić information content (AvgIpc) is 2.53. The smallest absolute Gasteiger partial charge is 0.132 e. The summed E-state index contributed by atoms with van der Waals surface area (Å²) >= 11 is 0. The van der Waals surface area contributed by atoms with Crippen LogP contribution in [0, 0.1) is 0 Å². The number of methoxy groups -OCH3 is 4. The molecule has 6 heteroatoms. The summed E-state index contributed by atoms with van der Waals surface area (Å²) in [5.74, 6) is 2.22. The molecule has 0 saturated carbocycles. The highest BCUT2D eigenvalue weighted by Crippen LogP contribution is 2.49. The van der Waals surface area contributed by atoms with Crippen LogP contribution in [0.5, 0.6) is 23.0 Å². The van der Waals surface area contributed by atoms with E-state index in [-0.39, 0.29) is 0 Å². The van der Waals surface area contributed by atoms with Gasteiger partial charge in [0.2, 0.25) is 0 Å². The van der Waals surface area contributed by atoms with Gasteiger partial charge in [-0.2, -0.15) is 0 Å². The summed E-state index contributed by atoms with van der Waals surface area (Å²) in [6.45, 7) is 0. The molecule has 6 nitrogen and oxygen atoms in total. The molecule has 4 N–H and O–H groups in total. The highest BCUT2D eigenvalue weighted by atomic mass is 16.5. The average molecular weight is 304 g/mol. The van der Waals surface area contributed by atoms with E-state index in [9.17, 15) is 0 Å². The molecule has 0 spiro atoms. The quantitative estimate of drug-likeness (QED) is 0.825. The van der Waals surface area contributed by atoms with Crippen LogP contribution in [-0.4, -0.2) is 28.4 Å². The summed E-state index contributed by atoms with van der Waals surface area (Å²) in [7, 11) is 6.25. The summed E-state index contributed by atoms with van der Waals surface area (Å²) in [5.41, 5.74) is 14.2. The number of anilines is 2. The van der Waals surface area contributed by atoms with Crippen LogP contribution in [0.1, 0.15) is 0 Å². The van der Waals surface area contributed by atoms with Gasteiger partial charge in [0.15, 0.2) is 0 Å². The van der Waals surface area contributed by atoms with Gasteiger partial charge >= 0.3 is 0 Å². The minimum atomic E-state index is 0.533. The Morgan fingerprint density at radius 2 is 0.773 bits per heavy atom. The van der Waals surface area contributed by atoms with Crippen molar-refractivity contribution in [1.29, 1.82) is 0 Å². The molecule has 118 valence electrons. The highest BCUT2D eigenvalue weighted by molar-refractivity contribution is 5.88. The lowest BCUT2D eigenvalue weighted by Crippen LogP contribution is -2.00. The number of ether oxygens (including phenoxy) is 4. The zero-order chi connectivity index (χ0) is 16.3. The second-order valence-electron chi connectivity index (χ2n) is 4.60. The third-order valence-electron chi connectivity index (χ3n) is 3.31. The SMILES string of the molecule is COc1cc(N)cc(OC)c1-c1c(OC)cc(N)cc1OC. The fourth-order valence-electron chi connectivity index (χ4n) is 2.36. The fourth-order valence-corrected chi connectivity index (χ4v) is 2.36. The fraction of sp³-hybridized carbons (Fsp3) is 0.250. The Bertz CT molecular complexity index is 576. The first-order chi connectivity index (χ1) is 10.5. The van der Waals surface area contributed by atoms with Crippen molar-refractivity contribution in [2.24, 2.45) is 0 Å². The van der Waals surface area contributed by atoms with Crippen molar-refractivity contribution >= 4 is 11.4 Å². The maximum Gasteiger partial charge on any atom is 0.132 e. The summed E-state index contributed by atoms with van der Waals surface area (Å²) in [6, 6.07) is 6.86. The molecule has 0 heterocycles. The van der Waals surface area contributed by atoms with Crippen LogP contribution in [0.3, 0.4) is 0 Å². The van der Waals surface area contributed by atoms with Crippen LogP contribution in [0.15, 0.2) is 24.3 Å². The first kappa shape index (κ1) is 15.6. The Labute approximate surface area is 129 Å². The van der Waals surface area contributed by atoms with E-state index < -0.39 is 0 Å². The van der Waals surface area contributed by atoms with Crippen molar-refractivity contribution in [2.75, 3.05) is 39.9 Å². The molecule has 0 unspecified atom stereocenters. The van der Waals surface area contributed by atoms with Crippen molar-refractivity contribution in [3.8, 4) is 34.1 Å². The van der Waals surface area contributed by atoms with E-state index in [2.05, 4.69) is 0 Å². The Morgan fingerprint density at radius 1 is 0.545 bits per heavy atom. The number of hydrogen-bond acceptors (Lipinski definition) is 6. The molecule has 0 aliphatic heterocycles. The predicted octanol–water partition coefficient (Wildman–Crippen LogP) is 2.55. The predicted molar refractivity (Wildman–Crippen MR) is 86.9 cm³/mol. The first-order valence-electron chi connectivity index (χ1n) is 6.59. The number of hydrogen-bond donors (Lipinski definition) is 2. The molecule has 2 rings (SSSR count). The van der Waals surface area contributed by atoms with Gasteiger partial charge in [0.1, 0.15) is 23.0 Å². The van der Waals surface area contributed by atoms with Crippen LogP contribution >= 0.6 is 0 Å². The number of nitrogen functional groups attached to an aromatic ring is 2. The molecule has 0 saturated heterocycles. The van der Waals surface area contributed by atoms with Crippen molar-refractivity contribution in [2.45, 2.75) is 0 Å². The monoisotopic (exact) mass is 304 g/mol. The molecule has 22 heavy (non-hydrogen) atoms. The van der Waals surface area contributed by atoms with Gasteiger partial charge in [-0.1, -0.05) is 0 Å². The molecule has 2 aromatic rings. The highest BCUT2D eigenvalue weighted by Gasteiger charge is 2.22. The Balaban J connectivity index is 2.86. The maximum atomic E-state index is 5.88. The van der Waals surface area contributed by atoms with Crippen molar-refractivity contribution in [3.05, 3.63) is 24.3 Å². The molecular formula is C16H20N2O4. The van der Waals surface area contributed by atoms with Gasteiger partial charge in [-0.3, -0.25) is 0 Å². The molecule has 0 aliphatic rings. The molecule has 0 amide bonds. The van der Waals surface area contributed by atoms with E-state index in [0.717, 1.165) is 0 Å². The molecule has 0 atom stereocenters. The number of rotatable bonds is 5. The molecular weight excluding hydrogens is 284 g/mol. The van der Waals surface area contributed by atoms with E-state index >= 15 is 0 Å². The zero-order valence-electron chi connectivity index (χ0n) is 13.1. The third kappa shape index (κ3) is 2.67. The van der Waals surface area contributed by atoms with Crippen molar-refractivity contribution in [1.82, 2.24) is 0 Å². The van der Waals surface area contributed by atoms with E-state index in [4.69, 9.17) is 30.4 Å². The van der Waals surface area contributed by atoms with E-state index in [1.54, 1.807) is 52.7 Å². The van der Waals surface area contributed by atoms with E-state index in [1.165, 1.54) is 0 Å². The lowest BCUT2D eigenvalue weighted by atomic mass is 9.99. The minimum Gasteiger partial charge on any atom is -0.496 e. The van der Waals surface area contributed by atoms with Gasteiger partial charge < -0.3 is 30.4 Å². The molecule has 0 aromatic heterocycles. The molecule has 2 aromatic carbocycles. The van der Waals surface area contributed by atoms with Crippen molar-refractivity contribution < 1.29 is 18.9 Å². The van der Waals surface area contributed by atoms with Gasteiger partial charge in [-0.25, -0.2) is 0 Å². The lowest BCUT2D eigenvalue weighted by Gasteiger charge is -2.19. The standard InChI is InChI=1S/C16H20N2O4/c1-19-11-5-9(17)6-12(20-2)15(11)16-13(21-3)7-10(18)8-14(16)22-4/h5-8H,17-18H2,1-4H3. The second kappa shape index (κ2) is 6.34. The Morgan fingerprint density at radius 3 is 0.955 bits per heavy atom. The van der Waals surface area contributed by atoms with Crippen LogP contribution < -0.4 is 30.4 Å².